The van der Waals surface area contributed by atoms with Crippen molar-refractivity contribution >= 4 is 27.5 Å². The van der Waals surface area contributed by atoms with Crippen molar-refractivity contribution in [1.82, 2.24) is 10.2 Å². The lowest BCUT2D eigenvalue weighted by molar-refractivity contribution is 0.184. The van der Waals surface area contributed by atoms with Crippen LogP contribution in [-0.2, 0) is 9.84 Å². The number of hydrogen-bond donors (Lipinski definition) is 1. The lowest BCUT2D eigenvalue weighted by Gasteiger charge is -2.29. The van der Waals surface area contributed by atoms with E-state index in [0.717, 1.165) is 5.56 Å². The van der Waals surface area contributed by atoms with Crippen molar-refractivity contribution in [2.45, 2.75) is 32.9 Å². The van der Waals surface area contributed by atoms with Gasteiger partial charge in [-0.1, -0.05) is 23.7 Å². The van der Waals surface area contributed by atoms with Crippen LogP contribution in [-0.4, -0.2) is 43.9 Å². The normalized spacial score (nSPS) is 14.2. The largest absolute Gasteiger partial charge is 0.331 e. The maximum absolute atomic E-state index is 12.4. The van der Waals surface area contributed by atoms with Gasteiger partial charge in [0.15, 0.2) is 0 Å². The molecule has 22 heavy (non-hydrogen) atoms. The zero-order valence-electron chi connectivity index (χ0n) is 13.3. The first-order valence-electron chi connectivity index (χ1n) is 7.14. The highest BCUT2D eigenvalue weighted by molar-refractivity contribution is 7.90. The summed E-state index contributed by atoms with van der Waals surface area (Å²) in [6.45, 7) is 5.85. The van der Waals surface area contributed by atoms with E-state index in [1.54, 1.807) is 19.1 Å². The number of carbonyl (C=O) groups is 1. The Morgan fingerprint density at radius 3 is 2.50 bits per heavy atom. The molecule has 0 spiro atoms. The number of hydrogen-bond acceptors (Lipinski definition) is 3. The maximum Gasteiger partial charge on any atom is 0.318 e. The molecule has 0 aliphatic heterocycles. The Labute approximate surface area is 137 Å². The van der Waals surface area contributed by atoms with Gasteiger partial charge < -0.3 is 10.2 Å². The second kappa shape index (κ2) is 7.83. The maximum atomic E-state index is 12.4. The number of sulfone groups is 1. The van der Waals surface area contributed by atoms with Gasteiger partial charge >= 0.3 is 6.03 Å². The zero-order valence-corrected chi connectivity index (χ0v) is 14.9. The summed E-state index contributed by atoms with van der Waals surface area (Å²) < 4.78 is 22.8. The van der Waals surface area contributed by atoms with Gasteiger partial charge in [-0.25, -0.2) is 13.2 Å². The van der Waals surface area contributed by atoms with Gasteiger partial charge in [0.05, 0.1) is 11.8 Å². The molecule has 7 heteroatoms. The van der Waals surface area contributed by atoms with Crippen LogP contribution < -0.4 is 5.32 Å². The van der Waals surface area contributed by atoms with E-state index < -0.39 is 9.84 Å². The van der Waals surface area contributed by atoms with E-state index in [0.29, 0.717) is 11.6 Å². The van der Waals surface area contributed by atoms with Crippen molar-refractivity contribution in [2.75, 3.05) is 18.6 Å². The third-order valence-electron chi connectivity index (χ3n) is 3.37. The van der Waals surface area contributed by atoms with Crippen molar-refractivity contribution in [3.63, 3.8) is 0 Å². The Hall–Kier alpha value is -1.27. The van der Waals surface area contributed by atoms with Crippen LogP contribution in [0.4, 0.5) is 4.79 Å². The molecular formula is C15H23ClN2O3S. The van der Waals surface area contributed by atoms with Gasteiger partial charge in [-0.3, -0.25) is 0 Å². The van der Waals surface area contributed by atoms with E-state index >= 15 is 0 Å². The Balaban J connectivity index is 2.76. The number of amides is 2. The summed E-state index contributed by atoms with van der Waals surface area (Å²) in [5.41, 5.74) is 0.896. The Morgan fingerprint density at radius 1 is 1.36 bits per heavy atom. The Bertz CT molecular complexity index is 619. The quantitative estimate of drug-likeness (QED) is 0.861. The summed E-state index contributed by atoms with van der Waals surface area (Å²) in [7, 11) is -3.14. The molecule has 2 amide bonds. The molecule has 0 radical (unpaired) electrons. The fraction of sp³-hybridized carbons (Fsp3) is 0.533. The fourth-order valence-electron chi connectivity index (χ4n) is 2.31. The minimum absolute atomic E-state index is 0.0557. The number of nitrogens with zero attached hydrogens (tertiary/aromatic N) is 1. The lowest BCUT2D eigenvalue weighted by Crippen LogP contribution is -2.47. The summed E-state index contributed by atoms with van der Waals surface area (Å²) in [4.78, 5) is 13.9. The minimum atomic E-state index is -3.14. The highest BCUT2D eigenvalue weighted by atomic mass is 35.5. The SMILES string of the molecule is CCN(C(=O)N[C@@H](C)c1cccc(Cl)c1)[C@@H](C)CS(C)(=O)=O. The number of carbonyl (C=O) groups excluding carboxylic acids is 1. The topological polar surface area (TPSA) is 66.5 Å². The molecule has 0 bridgehead atoms. The smallest absolute Gasteiger partial charge is 0.318 e. The number of rotatable bonds is 6. The Kier molecular flexibility index (Phi) is 6.68. The van der Waals surface area contributed by atoms with Gasteiger partial charge in [0, 0.05) is 23.9 Å². The fourth-order valence-corrected chi connectivity index (χ4v) is 3.57. The van der Waals surface area contributed by atoms with Crippen molar-refractivity contribution in [3.05, 3.63) is 34.9 Å². The average molecular weight is 347 g/mol. The van der Waals surface area contributed by atoms with Crippen LogP contribution >= 0.6 is 11.6 Å². The standard InChI is InChI=1S/C15H23ClN2O3S/c1-5-18(11(2)10-22(4,20)21)15(19)17-12(3)13-7-6-8-14(16)9-13/h6-9,11-12H,5,10H2,1-4H3,(H,17,19)/t11-,12-/m0/s1. The van der Waals surface area contributed by atoms with E-state index in [-0.39, 0.29) is 23.9 Å². The van der Waals surface area contributed by atoms with E-state index in [9.17, 15) is 13.2 Å². The summed E-state index contributed by atoms with van der Waals surface area (Å²) in [6.07, 6.45) is 1.17. The lowest BCUT2D eigenvalue weighted by atomic mass is 10.1. The molecule has 124 valence electrons. The molecule has 0 saturated heterocycles. The molecule has 0 heterocycles. The summed E-state index contributed by atoms with van der Waals surface area (Å²) >= 11 is 5.95. The molecule has 1 aromatic rings. The van der Waals surface area contributed by atoms with Crippen molar-refractivity contribution in [3.8, 4) is 0 Å². The third kappa shape index (κ3) is 5.85. The highest BCUT2D eigenvalue weighted by Crippen LogP contribution is 2.17. The molecule has 0 unspecified atom stereocenters. The monoisotopic (exact) mass is 346 g/mol. The van der Waals surface area contributed by atoms with E-state index in [2.05, 4.69) is 5.32 Å². The van der Waals surface area contributed by atoms with Crippen molar-refractivity contribution in [1.29, 1.82) is 0 Å². The molecule has 1 rings (SSSR count). The highest BCUT2D eigenvalue weighted by Gasteiger charge is 2.23. The van der Waals surface area contributed by atoms with Crippen LogP contribution in [0.1, 0.15) is 32.4 Å². The van der Waals surface area contributed by atoms with Gasteiger partial charge in [-0.2, -0.15) is 0 Å². The molecule has 0 aliphatic rings. The summed E-state index contributed by atoms with van der Waals surface area (Å²) in [5.74, 6) is -0.0557. The van der Waals surface area contributed by atoms with Crippen molar-refractivity contribution in [2.24, 2.45) is 0 Å². The number of benzene rings is 1. The first kappa shape index (κ1) is 18.8. The van der Waals surface area contributed by atoms with E-state index in [1.165, 1.54) is 11.2 Å². The van der Waals surface area contributed by atoms with Gasteiger partial charge in [0.2, 0.25) is 0 Å². The average Bonchev–Trinajstić information content (AvgIpc) is 2.37. The molecule has 2 atom stereocenters. The molecule has 0 fully saturated rings. The van der Waals surface area contributed by atoms with Gasteiger partial charge in [0.25, 0.3) is 0 Å². The van der Waals surface area contributed by atoms with E-state index in [1.807, 2.05) is 26.0 Å². The molecule has 1 aromatic carbocycles. The first-order chi connectivity index (χ1) is 10.1. The van der Waals surface area contributed by atoms with Gasteiger partial charge in [0.1, 0.15) is 9.84 Å². The van der Waals surface area contributed by atoms with Gasteiger partial charge in [-0.15, -0.1) is 0 Å². The van der Waals surface area contributed by atoms with Crippen LogP contribution in [0.3, 0.4) is 0 Å². The molecular weight excluding hydrogens is 324 g/mol. The number of nitrogens with one attached hydrogen (secondary N) is 1. The summed E-state index contributed by atoms with van der Waals surface area (Å²) in [6, 6.07) is 6.38. The number of urea groups is 1. The van der Waals surface area contributed by atoms with E-state index in [4.69, 9.17) is 11.6 Å². The van der Waals surface area contributed by atoms with Crippen LogP contribution in [0.25, 0.3) is 0 Å². The molecule has 0 aromatic heterocycles. The van der Waals surface area contributed by atoms with Crippen molar-refractivity contribution < 1.29 is 13.2 Å². The van der Waals surface area contributed by atoms with Crippen LogP contribution in [0.15, 0.2) is 24.3 Å². The molecule has 0 saturated carbocycles. The molecule has 0 aliphatic carbocycles. The second-order valence-electron chi connectivity index (χ2n) is 5.45. The van der Waals surface area contributed by atoms with Crippen LogP contribution in [0.5, 0.6) is 0 Å². The van der Waals surface area contributed by atoms with Crippen LogP contribution in [0, 0.1) is 0 Å². The Morgan fingerprint density at radius 2 is 2.00 bits per heavy atom. The second-order valence-corrected chi connectivity index (χ2v) is 8.07. The summed E-state index contributed by atoms with van der Waals surface area (Å²) in [5, 5.41) is 3.48. The molecule has 1 N–H and O–H groups in total. The predicted octanol–water partition coefficient (Wildman–Crippen LogP) is 2.87. The molecule has 5 nitrogen and oxygen atoms in total. The first-order valence-corrected chi connectivity index (χ1v) is 9.58. The number of halogens is 1. The third-order valence-corrected chi connectivity index (χ3v) is 4.69. The predicted molar refractivity (Wildman–Crippen MR) is 90.0 cm³/mol. The zero-order chi connectivity index (χ0) is 16.9. The minimum Gasteiger partial charge on any atom is -0.331 e. The van der Waals surface area contributed by atoms with Crippen LogP contribution in [0.2, 0.25) is 5.02 Å². The van der Waals surface area contributed by atoms with Gasteiger partial charge in [-0.05, 0) is 38.5 Å².